The lowest BCUT2D eigenvalue weighted by Crippen LogP contribution is -2.39. The monoisotopic (exact) mass is 334 g/mol. The number of rotatable bonds is 6. The third-order valence-electron chi connectivity index (χ3n) is 3.20. The van der Waals surface area contributed by atoms with Gasteiger partial charge < -0.3 is 14.4 Å². The molecular formula is C12H18N2O5S2. The molecule has 0 saturated carbocycles. The zero-order chi connectivity index (χ0) is 15.5. The number of nitrogens with zero attached hydrogens (tertiary/aromatic N) is 1. The van der Waals surface area contributed by atoms with E-state index in [1.165, 1.54) is 6.92 Å². The minimum Gasteiger partial charge on any atom is -0.475 e. The average molecular weight is 334 g/mol. The fourth-order valence-corrected chi connectivity index (χ4v) is 4.25. The standard InChI is InChI=1S/C12H18N2O5S2/c1-9-11(8-10(19-9)12(15)16)21(17,18)13-2-3-14-4-6-20-7-5-14/h8,13H,2-7H2,1H3,(H,15,16). The molecule has 1 saturated heterocycles. The van der Waals surface area contributed by atoms with Crippen LogP contribution in [0.15, 0.2) is 15.4 Å². The first-order chi connectivity index (χ1) is 9.90. The molecule has 1 aliphatic rings. The molecule has 1 fully saturated rings. The average Bonchev–Trinajstić information content (AvgIpc) is 2.83. The Morgan fingerprint density at radius 1 is 1.48 bits per heavy atom. The smallest absolute Gasteiger partial charge is 0.371 e. The maximum atomic E-state index is 12.1. The van der Waals surface area contributed by atoms with Gasteiger partial charge in [0, 0.05) is 43.8 Å². The number of aryl methyl sites for hydroxylation is 1. The number of furan rings is 1. The Morgan fingerprint density at radius 2 is 2.14 bits per heavy atom. The van der Waals surface area contributed by atoms with E-state index in [0.29, 0.717) is 13.1 Å². The predicted molar refractivity (Wildman–Crippen MR) is 79.4 cm³/mol. The van der Waals surface area contributed by atoms with Gasteiger partial charge in [0.1, 0.15) is 10.7 Å². The number of aromatic carboxylic acids is 1. The highest BCUT2D eigenvalue weighted by Crippen LogP contribution is 2.19. The van der Waals surface area contributed by atoms with Gasteiger partial charge in [-0.05, 0) is 6.92 Å². The van der Waals surface area contributed by atoms with Gasteiger partial charge in [-0.3, -0.25) is 0 Å². The molecule has 2 N–H and O–H groups in total. The molecule has 0 aliphatic carbocycles. The molecule has 2 heterocycles. The number of thioether (sulfide) groups is 1. The van der Waals surface area contributed by atoms with Crippen molar-refractivity contribution in [1.29, 1.82) is 0 Å². The van der Waals surface area contributed by atoms with Crippen molar-refractivity contribution in [2.45, 2.75) is 11.8 Å². The van der Waals surface area contributed by atoms with Crippen LogP contribution in [0.5, 0.6) is 0 Å². The fraction of sp³-hybridized carbons (Fsp3) is 0.583. The van der Waals surface area contributed by atoms with E-state index in [2.05, 4.69) is 9.62 Å². The van der Waals surface area contributed by atoms with Crippen LogP contribution in [0, 0.1) is 6.92 Å². The minimum atomic E-state index is -3.74. The third-order valence-corrected chi connectivity index (χ3v) is 5.71. The second-order valence-corrected chi connectivity index (χ2v) is 7.65. The first-order valence-corrected chi connectivity index (χ1v) is 9.17. The Labute approximate surface area is 127 Å². The van der Waals surface area contributed by atoms with Gasteiger partial charge in [0.15, 0.2) is 0 Å². The summed E-state index contributed by atoms with van der Waals surface area (Å²) in [6.45, 7) is 4.28. The van der Waals surface area contributed by atoms with Crippen molar-refractivity contribution in [3.05, 3.63) is 17.6 Å². The van der Waals surface area contributed by atoms with Crippen molar-refractivity contribution in [1.82, 2.24) is 9.62 Å². The number of hydrogen-bond donors (Lipinski definition) is 2. The van der Waals surface area contributed by atoms with Gasteiger partial charge in [-0.2, -0.15) is 11.8 Å². The van der Waals surface area contributed by atoms with Crippen LogP contribution >= 0.6 is 11.8 Å². The summed E-state index contributed by atoms with van der Waals surface area (Å²) in [6.07, 6.45) is 0. The molecular weight excluding hydrogens is 316 g/mol. The quantitative estimate of drug-likeness (QED) is 0.786. The van der Waals surface area contributed by atoms with Gasteiger partial charge in [0.2, 0.25) is 15.8 Å². The largest absolute Gasteiger partial charge is 0.475 e. The molecule has 118 valence electrons. The van der Waals surface area contributed by atoms with Gasteiger partial charge in [0.05, 0.1) is 0 Å². The highest BCUT2D eigenvalue weighted by Gasteiger charge is 2.23. The molecule has 1 aromatic heterocycles. The number of nitrogens with one attached hydrogen (secondary N) is 1. The summed E-state index contributed by atoms with van der Waals surface area (Å²) in [5, 5.41) is 8.82. The Morgan fingerprint density at radius 3 is 2.71 bits per heavy atom. The molecule has 0 amide bonds. The number of hydrogen-bond acceptors (Lipinski definition) is 6. The van der Waals surface area contributed by atoms with Gasteiger partial charge in [-0.25, -0.2) is 17.9 Å². The summed E-state index contributed by atoms with van der Waals surface area (Å²) in [7, 11) is -3.74. The summed E-state index contributed by atoms with van der Waals surface area (Å²) >= 11 is 1.89. The topological polar surface area (TPSA) is 99.8 Å². The fourth-order valence-electron chi connectivity index (χ4n) is 2.08. The van der Waals surface area contributed by atoms with E-state index in [1.807, 2.05) is 11.8 Å². The summed E-state index contributed by atoms with van der Waals surface area (Å²) in [4.78, 5) is 12.9. The van der Waals surface area contributed by atoms with E-state index in [9.17, 15) is 13.2 Å². The zero-order valence-corrected chi connectivity index (χ0v) is 13.3. The lowest BCUT2D eigenvalue weighted by atomic mass is 10.4. The normalized spacial score (nSPS) is 17.0. The van der Waals surface area contributed by atoms with Crippen LogP contribution in [0.2, 0.25) is 0 Å². The third kappa shape index (κ3) is 4.22. The molecule has 0 bridgehead atoms. The van der Waals surface area contributed by atoms with Crippen LogP contribution in [-0.4, -0.2) is 62.1 Å². The highest BCUT2D eigenvalue weighted by atomic mass is 32.2. The van der Waals surface area contributed by atoms with E-state index in [0.717, 1.165) is 30.7 Å². The van der Waals surface area contributed by atoms with Crippen LogP contribution in [-0.2, 0) is 10.0 Å². The van der Waals surface area contributed by atoms with Gasteiger partial charge in [-0.15, -0.1) is 0 Å². The first kappa shape index (κ1) is 16.3. The van der Waals surface area contributed by atoms with Gasteiger partial charge >= 0.3 is 5.97 Å². The first-order valence-electron chi connectivity index (χ1n) is 6.53. The Bertz CT molecular complexity index is 605. The van der Waals surface area contributed by atoms with Crippen molar-refractivity contribution < 1.29 is 22.7 Å². The maximum Gasteiger partial charge on any atom is 0.371 e. The summed E-state index contributed by atoms with van der Waals surface area (Å²) in [6, 6.07) is 1.04. The van der Waals surface area contributed by atoms with Crippen molar-refractivity contribution in [2.75, 3.05) is 37.7 Å². The predicted octanol–water partition coefficient (Wildman–Crippen LogP) is 0.613. The van der Waals surface area contributed by atoms with Gasteiger partial charge in [-0.1, -0.05) is 0 Å². The number of carboxylic acid groups (broad SMARTS) is 1. The molecule has 0 atom stereocenters. The summed E-state index contributed by atoms with van der Waals surface area (Å²) < 4.78 is 31.7. The zero-order valence-electron chi connectivity index (χ0n) is 11.7. The molecule has 0 radical (unpaired) electrons. The highest BCUT2D eigenvalue weighted by molar-refractivity contribution is 7.99. The SMILES string of the molecule is Cc1oc(C(=O)O)cc1S(=O)(=O)NCCN1CCSCC1. The molecule has 1 aromatic rings. The summed E-state index contributed by atoms with van der Waals surface area (Å²) in [5.74, 6) is 0.547. The molecule has 1 aliphatic heterocycles. The van der Waals surface area contributed by atoms with Crippen LogP contribution in [0.4, 0.5) is 0 Å². The molecule has 7 nitrogen and oxygen atoms in total. The van der Waals surface area contributed by atoms with E-state index in [4.69, 9.17) is 9.52 Å². The molecule has 0 spiro atoms. The molecule has 2 rings (SSSR count). The molecule has 9 heteroatoms. The van der Waals surface area contributed by atoms with Crippen molar-refractivity contribution in [3.63, 3.8) is 0 Å². The van der Waals surface area contributed by atoms with Crippen LogP contribution < -0.4 is 4.72 Å². The van der Waals surface area contributed by atoms with Gasteiger partial charge in [0.25, 0.3) is 0 Å². The van der Waals surface area contributed by atoms with E-state index < -0.39 is 16.0 Å². The second kappa shape index (κ2) is 6.82. The molecule has 0 aromatic carbocycles. The van der Waals surface area contributed by atoms with Crippen molar-refractivity contribution >= 4 is 27.8 Å². The van der Waals surface area contributed by atoms with Crippen molar-refractivity contribution in [2.24, 2.45) is 0 Å². The maximum absolute atomic E-state index is 12.1. The van der Waals surface area contributed by atoms with E-state index >= 15 is 0 Å². The van der Waals surface area contributed by atoms with Crippen LogP contribution in [0.1, 0.15) is 16.3 Å². The molecule has 21 heavy (non-hydrogen) atoms. The Balaban J connectivity index is 1.96. The number of carbonyl (C=O) groups is 1. The Hall–Kier alpha value is -1.03. The number of sulfonamides is 1. The lowest BCUT2D eigenvalue weighted by molar-refractivity contribution is 0.0661. The van der Waals surface area contributed by atoms with E-state index in [1.54, 1.807) is 0 Å². The number of carboxylic acids is 1. The summed E-state index contributed by atoms with van der Waals surface area (Å²) in [5.41, 5.74) is 0. The minimum absolute atomic E-state index is 0.0780. The second-order valence-electron chi connectivity index (χ2n) is 4.69. The van der Waals surface area contributed by atoms with E-state index in [-0.39, 0.29) is 16.4 Å². The van der Waals surface area contributed by atoms with Crippen LogP contribution in [0.3, 0.4) is 0 Å². The lowest BCUT2D eigenvalue weighted by Gasteiger charge is -2.25. The Kier molecular flexibility index (Phi) is 5.31. The molecule has 0 unspecified atom stereocenters. The van der Waals surface area contributed by atoms with Crippen molar-refractivity contribution in [3.8, 4) is 0 Å². The van der Waals surface area contributed by atoms with Crippen LogP contribution in [0.25, 0.3) is 0 Å².